The van der Waals surface area contributed by atoms with Crippen LogP contribution in [-0.2, 0) is 9.53 Å². The summed E-state index contributed by atoms with van der Waals surface area (Å²) in [4.78, 5) is 12.1. The van der Waals surface area contributed by atoms with Gasteiger partial charge < -0.3 is 15.4 Å². The third kappa shape index (κ3) is 4.62. The van der Waals surface area contributed by atoms with Gasteiger partial charge in [-0.3, -0.25) is 4.79 Å². The van der Waals surface area contributed by atoms with Gasteiger partial charge in [-0.1, -0.05) is 26.2 Å². The van der Waals surface area contributed by atoms with Crippen LogP contribution in [0.1, 0.15) is 39.5 Å². The highest BCUT2D eigenvalue weighted by atomic mass is 35.5. The molecule has 0 aromatic carbocycles. The van der Waals surface area contributed by atoms with Crippen molar-refractivity contribution in [2.45, 2.75) is 51.7 Å². The van der Waals surface area contributed by atoms with Crippen molar-refractivity contribution >= 4 is 18.3 Å². The molecule has 4 atom stereocenters. The fourth-order valence-corrected chi connectivity index (χ4v) is 3.07. The molecule has 2 fully saturated rings. The van der Waals surface area contributed by atoms with Gasteiger partial charge in [0.15, 0.2) is 0 Å². The van der Waals surface area contributed by atoms with Gasteiger partial charge in [0.25, 0.3) is 0 Å². The van der Waals surface area contributed by atoms with Gasteiger partial charge in [0.05, 0.1) is 12.7 Å². The van der Waals surface area contributed by atoms with Gasteiger partial charge in [-0.15, -0.1) is 12.4 Å². The maximum atomic E-state index is 12.1. The van der Waals surface area contributed by atoms with E-state index in [1.165, 1.54) is 25.7 Å². The van der Waals surface area contributed by atoms with Crippen molar-refractivity contribution in [1.82, 2.24) is 10.6 Å². The molecule has 19 heavy (non-hydrogen) atoms. The largest absolute Gasteiger partial charge is 0.375 e. The molecule has 1 aliphatic heterocycles. The van der Waals surface area contributed by atoms with Gasteiger partial charge in [-0.25, -0.2) is 0 Å². The average Bonchev–Trinajstić information content (AvgIpc) is 2.38. The summed E-state index contributed by atoms with van der Waals surface area (Å²) < 4.78 is 5.50. The maximum Gasteiger partial charge on any atom is 0.239 e. The fourth-order valence-electron chi connectivity index (χ4n) is 3.07. The van der Waals surface area contributed by atoms with Crippen molar-refractivity contribution in [1.29, 1.82) is 0 Å². The lowest BCUT2D eigenvalue weighted by molar-refractivity contribution is -0.129. The molecule has 5 heteroatoms. The molecule has 2 aliphatic rings. The first kappa shape index (κ1) is 16.7. The highest BCUT2D eigenvalue weighted by Crippen LogP contribution is 2.28. The molecule has 0 spiro atoms. The second-order valence-electron chi connectivity index (χ2n) is 5.77. The molecule has 2 N–H and O–H groups in total. The molecule has 1 aliphatic carbocycles. The van der Waals surface area contributed by atoms with E-state index in [0.717, 1.165) is 19.0 Å². The first-order chi connectivity index (χ1) is 8.68. The number of rotatable bonds is 3. The third-order valence-corrected chi connectivity index (χ3v) is 4.43. The molecule has 0 aromatic heterocycles. The van der Waals surface area contributed by atoms with Gasteiger partial charge in [0, 0.05) is 13.1 Å². The van der Waals surface area contributed by atoms with E-state index in [9.17, 15) is 4.79 Å². The van der Waals surface area contributed by atoms with Crippen molar-refractivity contribution in [3.05, 3.63) is 0 Å². The molecular formula is C14H27ClN2O2. The molecule has 1 saturated carbocycles. The molecule has 0 aromatic rings. The first-order valence-electron chi connectivity index (χ1n) is 7.31. The highest BCUT2D eigenvalue weighted by Gasteiger charge is 2.29. The highest BCUT2D eigenvalue weighted by molar-refractivity contribution is 5.85. The van der Waals surface area contributed by atoms with Crippen molar-refractivity contribution in [3.63, 3.8) is 0 Å². The topological polar surface area (TPSA) is 50.4 Å². The quantitative estimate of drug-likeness (QED) is 0.832. The minimum atomic E-state index is -0.183. The molecule has 1 amide bonds. The summed E-state index contributed by atoms with van der Waals surface area (Å²) in [5.74, 6) is 1.49. The predicted molar refractivity (Wildman–Crippen MR) is 78.6 cm³/mol. The van der Waals surface area contributed by atoms with Gasteiger partial charge >= 0.3 is 0 Å². The number of carbonyl (C=O) groups is 1. The van der Waals surface area contributed by atoms with Crippen LogP contribution in [-0.4, -0.2) is 37.7 Å². The standard InChI is InChI=1S/C14H26N2O2.ClH/c1-10-5-3-4-6-12(10)9-16-14(17)13-11(2)18-8-7-15-13;/h10-13,15H,3-9H2,1-2H3,(H,16,17);1H/t10?,11-,12?,13+;/m1./s1. The summed E-state index contributed by atoms with van der Waals surface area (Å²) in [5, 5.41) is 6.33. The van der Waals surface area contributed by atoms with E-state index in [0.29, 0.717) is 12.5 Å². The summed E-state index contributed by atoms with van der Waals surface area (Å²) in [6, 6.07) is -0.183. The van der Waals surface area contributed by atoms with Crippen molar-refractivity contribution in [2.24, 2.45) is 11.8 Å². The third-order valence-electron chi connectivity index (χ3n) is 4.43. The zero-order valence-electron chi connectivity index (χ0n) is 12.0. The normalized spacial score (nSPS) is 35.3. The summed E-state index contributed by atoms with van der Waals surface area (Å²) in [6.07, 6.45) is 5.20. The lowest BCUT2D eigenvalue weighted by atomic mass is 9.80. The van der Waals surface area contributed by atoms with Gasteiger partial charge in [0.1, 0.15) is 6.04 Å². The lowest BCUT2D eigenvalue weighted by Gasteiger charge is -2.32. The predicted octanol–water partition coefficient (Wildman–Crippen LogP) is 1.73. The van der Waals surface area contributed by atoms with E-state index >= 15 is 0 Å². The molecule has 2 rings (SSSR count). The van der Waals surface area contributed by atoms with Crippen molar-refractivity contribution < 1.29 is 9.53 Å². The minimum absolute atomic E-state index is 0. The summed E-state index contributed by atoms with van der Waals surface area (Å²) in [5.41, 5.74) is 0. The van der Waals surface area contributed by atoms with Crippen LogP contribution in [0.4, 0.5) is 0 Å². The van der Waals surface area contributed by atoms with Crippen LogP contribution >= 0.6 is 12.4 Å². The minimum Gasteiger partial charge on any atom is -0.375 e. The Balaban J connectivity index is 0.00000180. The Kier molecular flexibility index (Phi) is 7.11. The molecular weight excluding hydrogens is 264 g/mol. The number of halogens is 1. The van der Waals surface area contributed by atoms with Crippen LogP contribution in [0.5, 0.6) is 0 Å². The Bertz CT molecular complexity index is 289. The van der Waals surface area contributed by atoms with Crippen LogP contribution in [0, 0.1) is 11.8 Å². The second kappa shape index (κ2) is 8.08. The van der Waals surface area contributed by atoms with Crippen LogP contribution in [0.25, 0.3) is 0 Å². The van der Waals surface area contributed by atoms with Crippen LogP contribution in [0.15, 0.2) is 0 Å². The lowest BCUT2D eigenvalue weighted by Crippen LogP contribution is -2.56. The zero-order chi connectivity index (χ0) is 13.0. The zero-order valence-corrected chi connectivity index (χ0v) is 12.8. The summed E-state index contributed by atoms with van der Waals surface area (Å²) in [6.45, 7) is 6.55. The number of carbonyl (C=O) groups excluding carboxylic acids is 1. The molecule has 0 radical (unpaired) electrons. The Morgan fingerprint density at radius 2 is 2.05 bits per heavy atom. The number of nitrogens with one attached hydrogen (secondary N) is 2. The van der Waals surface area contributed by atoms with Crippen LogP contribution in [0.3, 0.4) is 0 Å². The van der Waals surface area contributed by atoms with Crippen molar-refractivity contribution in [3.8, 4) is 0 Å². The van der Waals surface area contributed by atoms with E-state index in [1.807, 2.05) is 6.92 Å². The van der Waals surface area contributed by atoms with Crippen LogP contribution < -0.4 is 10.6 Å². The second-order valence-corrected chi connectivity index (χ2v) is 5.77. The fraction of sp³-hybridized carbons (Fsp3) is 0.929. The molecule has 0 bridgehead atoms. The molecule has 2 unspecified atom stereocenters. The Morgan fingerprint density at radius 1 is 1.32 bits per heavy atom. The van der Waals surface area contributed by atoms with E-state index < -0.39 is 0 Å². The number of morpholine rings is 1. The number of ether oxygens (including phenoxy) is 1. The number of hydrogen-bond acceptors (Lipinski definition) is 3. The SMILES string of the molecule is CC1CCCCC1CNC(=O)[C@H]1NCCO[C@@H]1C.Cl. The monoisotopic (exact) mass is 290 g/mol. The molecule has 112 valence electrons. The smallest absolute Gasteiger partial charge is 0.239 e. The summed E-state index contributed by atoms with van der Waals surface area (Å²) >= 11 is 0. The molecule has 1 heterocycles. The van der Waals surface area contributed by atoms with E-state index in [1.54, 1.807) is 0 Å². The van der Waals surface area contributed by atoms with E-state index in [2.05, 4.69) is 17.6 Å². The van der Waals surface area contributed by atoms with Crippen molar-refractivity contribution in [2.75, 3.05) is 19.7 Å². The summed E-state index contributed by atoms with van der Waals surface area (Å²) in [7, 11) is 0. The van der Waals surface area contributed by atoms with Gasteiger partial charge in [-0.05, 0) is 25.2 Å². The van der Waals surface area contributed by atoms with Crippen LogP contribution in [0.2, 0.25) is 0 Å². The molecule has 1 saturated heterocycles. The maximum absolute atomic E-state index is 12.1. The van der Waals surface area contributed by atoms with E-state index in [-0.39, 0.29) is 30.5 Å². The Morgan fingerprint density at radius 3 is 2.74 bits per heavy atom. The average molecular weight is 291 g/mol. The molecule has 4 nitrogen and oxygen atoms in total. The van der Waals surface area contributed by atoms with E-state index in [4.69, 9.17) is 4.74 Å². The van der Waals surface area contributed by atoms with Gasteiger partial charge in [0.2, 0.25) is 5.91 Å². The van der Waals surface area contributed by atoms with Gasteiger partial charge in [-0.2, -0.15) is 0 Å². The Labute approximate surface area is 122 Å². The number of hydrogen-bond donors (Lipinski definition) is 2. The number of amides is 1. The first-order valence-corrected chi connectivity index (χ1v) is 7.31. The Hall–Kier alpha value is -0.320.